The van der Waals surface area contributed by atoms with Crippen molar-refractivity contribution in [2.45, 2.75) is 71.3 Å². The van der Waals surface area contributed by atoms with E-state index in [2.05, 4.69) is 16.0 Å². The Labute approximate surface area is 152 Å². The maximum atomic E-state index is 12.3. The van der Waals surface area contributed by atoms with Crippen LogP contribution in [0.4, 0.5) is 0 Å². The van der Waals surface area contributed by atoms with Crippen LogP contribution in [-0.2, 0) is 19.2 Å². The van der Waals surface area contributed by atoms with Crippen LogP contribution in [0.1, 0.15) is 41.0 Å². The summed E-state index contributed by atoms with van der Waals surface area (Å²) in [5.41, 5.74) is 5.50. The largest absolute Gasteiger partial charge is 0.480 e. The summed E-state index contributed by atoms with van der Waals surface area (Å²) >= 11 is 0. The van der Waals surface area contributed by atoms with Gasteiger partial charge in [0.25, 0.3) is 0 Å². The van der Waals surface area contributed by atoms with E-state index in [1.165, 1.54) is 20.8 Å². The third-order valence-corrected chi connectivity index (χ3v) is 4.10. The van der Waals surface area contributed by atoms with E-state index < -0.39 is 54.0 Å². The number of aliphatic carboxylic acids is 1. The van der Waals surface area contributed by atoms with Gasteiger partial charge in [0, 0.05) is 0 Å². The van der Waals surface area contributed by atoms with Crippen LogP contribution in [0.3, 0.4) is 0 Å². The predicted octanol–water partition coefficient (Wildman–Crippen LogP) is -1.68. The topological polar surface area (TPSA) is 171 Å². The van der Waals surface area contributed by atoms with E-state index in [4.69, 9.17) is 10.8 Å². The number of aliphatic hydroxyl groups is 1. The summed E-state index contributed by atoms with van der Waals surface area (Å²) in [6.45, 7) is 7.64. The van der Waals surface area contributed by atoms with Gasteiger partial charge in [-0.2, -0.15) is 0 Å². The quantitative estimate of drug-likeness (QED) is 0.265. The first kappa shape index (κ1) is 23.8. The van der Waals surface area contributed by atoms with Gasteiger partial charge in [0.15, 0.2) is 0 Å². The Morgan fingerprint density at radius 1 is 0.885 bits per heavy atom. The van der Waals surface area contributed by atoms with Gasteiger partial charge >= 0.3 is 5.97 Å². The minimum atomic E-state index is -1.19. The van der Waals surface area contributed by atoms with Gasteiger partial charge in [-0.05, 0) is 26.7 Å². The molecule has 3 amide bonds. The Morgan fingerprint density at radius 3 is 1.81 bits per heavy atom. The molecule has 0 saturated carbocycles. The van der Waals surface area contributed by atoms with Crippen LogP contribution in [0, 0.1) is 5.92 Å². The number of nitrogens with two attached hydrogens (primary N) is 1. The molecule has 0 fully saturated rings. The molecule has 6 unspecified atom stereocenters. The molecule has 0 radical (unpaired) electrons. The molecule has 0 heterocycles. The molecule has 0 aliphatic carbocycles. The maximum Gasteiger partial charge on any atom is 0.325 e. The summed E-state index contributed by atoms with van der Waals surface area (Å²) in [5.74, 6) is -3.41. The first-order valence-electron chi connectivity index (χ1n) is 8.49. The summed E-state index contributed by atoms with van der Waals surface area (Å²) < 4.78 is 0. The minimum absolute atomic E-state index is 0.262. The summed E-state index contributed by atoms with van der Waals surface area (Å²) in [5, 5.41) is 25.4. The third kappa shape index (κ3) is 7.36. The molecule has 7 N–H and O–H groups in total. The molecule has 150 valence electrons. The van der Waals surface area contributed by atoms with Gasteiger partial charge in [0.1, 0.15) is 24.2 Å². The van der Waals surface area contributed by atoms with Crippen LogP contribution in [-0.4, -0.2) is 64.2 Å². The van der Waals surface area contributed by atoms with Crippen molar-refractivity contribution in [1.29, 1.82) is 0 Å². The van der Waals surface area contributed by atoms with Crippen molar-refractivity contribution in [2.24, 2.45) is 11.7 Å². The van der Waals surface area contributed by atoms with E-state index in [9.17, 15) is 24.3 Å². The highest BCUT2D eigenvalue weighted by molar-refractivity contribution is 5.94. The number of hydrogen-bond donors (Lipinski definition) is 6. The average Bonchev–Trinajstić information content (AvgIpc) is 2.57. The predicted molar refractivity (Wildman–Crippen MR) is 93.9 cm³/mol. The molecule has 0 spiro atoms. The van der Waals surface area contributed by atoms with Crippen molar-refractivity contribution >= 4 is 23.7 Å². The maximum absolute atomic E-state index is 12.3. The van der Waals surface area contributed by atoms with E-state index in [0.717, 1.165) is 0 Å². The second-order valence-corrected chi connectivity index (χ2v) is 6.44. The number of amides is 3. The summed E-state index contributed by atoms with van der Waals surface area (Å²) in [6, 6.07) is -4.25. The number of carbonyl (C=O) groups is 4. The monoisotopic (exact) mass is 374 g/mol. The summed E-state index contributed by atoms with van der Waals surface area (Å²) in [6.07, 6.45) is -0.519. The van der Waals surface area contributed by atoms with Crippen LogP contribution in [0.15, 0.2) is 0 Å². The molecule has 26 heavy (non-hydrogen) atoms. The van der Waals surface area contributed by atoms with Gasteiger partial charge in [0.2, 0.25) is 17.7 Å². The normalized spacial score (nSPS) is 17.8. The smallest absolute Gasteiger partial charge is 0.325 e. The minimum Gasteiger partial charge on any atom is -0.480 e. The molecule has 10 nitrogen and oxygen atoms in total. The van der Waals surface area contributed by atoms with Gasteiger partial charge < -0.3 is 31.9 Å². The summed E-state index contributed by atoms with van der Waals surface area (Å²) in [4.78, 5) is 47.3. The molecule has 6 atom stereocenters. The molecule has 0 bridgehead atoms. The average molecular weight is 374 g/mol. The molecular formula is C16H30N4O6. The fourth-order valence-corrected chi connectivity index (χ4v) is 1.94. The van der Waals surface area contributed by atoms with Gasteiger partial charge in [-0.3, -0.25) is 19.2 Å². The number of nitrogens with one attached hydrogen (secondary N) is 3. The highest BCUT2D eigenvalue weighted by Gasteiger charge is 2.30. The third-order valence-electron chi connectivity index (χ3n) is 4.10. The molecule has 0 aromatic rings. The van der Waals surface area contributed by atoms with Gasteiger partial charge in [-0.15, -0.1) is 0 Å². The zero-order valence-corrected chi connectivity index (χ0v) is 15.8. The number of rotatable bonds is 10. The van der Waals surface area contributed by atoms with Crippen molar-refractivity contribution in [2.75, 3.05) is 0 Å². The van der Waals surface area contributed by atoms with Crippen LogP contribution in [0.2, 0.25) is 0 Å². The number of aliphatic hydroxyl groups excluding tert-OH is 1. The molecule has 0 aliphatic heterocycles. The van der Waals surface area contributed by atoms with Crippen LogP contribution in [0.5, 0.6) is 0 Å². The Balaban J connectivity index is 5.00. The van der Waals surface area contributed by atoms with E-state index in [0.29, 0.717) is 6.42 Å². The zero-order chi connectivity index (χ0) is 20.6. The molecule has 0 aromatic heterocycles. The standard InChI is InChI=1S/C16H30N4O6/c1-6-7(2)12(15(24)19-9(4)16(25)26)20-13(22)8(3)18-14(23)11(17)10(5)21/h7-12,21H,6,17H2,1-5H3,(H,18,23)(H,19,24)(H,20,22)(H,25,26). The fourth-order valence-electron chi connectivity index (χ4n) is 1.94. The second-order valence-electron chi connectivity index (χ2n) is 6.44. The highest BCUT2D eigenvalue weighted by atomic mass is 16.4. The van der Waals surface area contributed by atoms with Crippen molar-refractivity contribution in [3.05, 3.63) is 0 Å². The molecule has 0 rings (SSSR count). The first-order chi connectivity index (χ1) is 11.9. The molecule has 0 aromatic carbocycles. The lowest BCUT2D eigenvalue weighted by Crippen LogP contribution is -2.58. The van der Waals surface area contributed by atoms with Gasteiger partial charge in [-0.1, -0.05) is 20.3 Å². The van der Waals surface area contributed by atoms with Crippen LogP contribution in [0.25, 0.3) is 0 Å². The zero-order valence-electron chi connectivity index (χ0n) is 15.8. The summed E-state index contributed by atoms with van der Waals surface area (Å²) in [7, 11) is 0. The highest BCUT2D eigenvalue weighted by Crippen LogP contribution is 2.09. The Hall–Kier alpha value is -2.20. The second kappa shape index (κ2) is 10.7. The van der Waals surface area contributed by atoms with E-state index in [1.54, 1.807) is 6.92 Å². The van der Waals surface area contributed by atoms with Crippen molar-refractivity contribution in [3.63, 3.8) is 0 Å². The Morgan fingerprint density at radius 2 is 1.38 bits per heavy atom. The number of carbonyl (C=O) groups excluding carboxylic acids is 3. The van der Waals surface area contributed by atoms with Gasteiger partial charge in [0.05, 0.1) is 6.10 Å². The first-order valence-corrected chi connectivity index (χ1v) is 8.49. The molecule has 0 aliphatic rings. The SMILES string of the molecule is CCC(C)C(NC(=O)C(C)NC(=O)C(N)C(C)O)C(=O)NC(C)C(=O)O. The lowest BCUT2D eigenvalue weighted by molar-refractivity contribution is -0.142. The number of carboxylic acid groups (broad SMARTS) is 1. The van der Waals surface area contributed by atoms with E-state index in [-0.39, 0.29) is 5.92 Å². The Bertz CT molecular complexity index is 525. The van der Waals surface area contributed by atoms with E-state index in [1.807, 2.05) is 6.92 Å². The molecule has 10 heteroatoms. The van der Waals surface area contributed by atoms with Gasteiger partial charge in [-0.25, -0.2) is 0 Å². The number of hydrogen-bond acceptors (Lipinski definition) is 6. The lowest BCUT2D eigenvalue weighted by atomic mass is 9.97. The van der Waals surface area contributed by atoms with Crippen molar-refractivity contribution in [1.82, 2.24) is 16.0 Å². The van der Waals surface area contributed by atoms with Crippen molar-refractivity contribution in [3.8, 4) is 0 Å². The molecular weight excluding hydrogens is 344 g/mol. The van der Waals surface area contributed by atoms with Crippen molar-refractivity contribution < 1.29 is 29.4 Å². The Kier molecular flexibility index (Phi) is 9.81. The van der Waals surface area contributed by atoms with Crippen LogP contribution >= 0.6 is 0 Å². The lowest BCUT2D eigenvalue weighted by Gasteiger charge is -2.26. The molecule has 0 saturated heterocycles. The van der Waals surface area contributed by atoms with Crippen LogP contribution < -0.4 is 21.7 Å². The fraction of sp³-hybridized carbons (Fsp3) is 0.750. The number of carboxylic acids is 1. The van der Waals surface area contributed by atoms with E-state index >= 15 is 0 Å².